The van der Waals surface area contributed by atoms with Gasteiger partial charge in [0.05, 0.1) is 25.4 Å². The number of aliphatic hydroxyl groups excluding tert-OH is 2. The van der Waals surface area contributed by atoms with Gasteiger partial charge in [0.1, 0.15) is 0 Å². The maximum absolute atomic E-state index is 12.5. The van der Waals surface area contributed by atoms with Crippen molar-refractivity contribution in [1.29, 1.82) is 0 Å². The van der Waals surface area contributed by atoms with Crippen molar-refractivity contribution in [1.82, 2.24) is 5.32 Å². The summed E-state index contributed by atoms with van der Waals surface area (Å²) in [6.45, 7) is 4.94. The van der Waals surface area contributed by atoms with E-state index in [1.807, 2.05) is 6.08 Å². The highest BCUT2D eigenvalue weighted by Gasteiger charge is 2.18. The fourth-order valence-corrected chi connectivity index (χ4v) is 10.7. The van der Waals surface area contributed by atoms with E-state index in [0.29, 0.717) is 19.4 Å². The van der Waals surface area contributed by atoms with Gasteiger partial charge in [-0.05, 0) is 32.1 Å². The Hall–Kier alpha value is -1.40. The Morgan fingerprint density at radius 2 is 0.630 bits per heavy atom. The largest absolute Gasteiger partial charge is 0.466 e. The van der Waals surface area contributed by atoms with Crippen molar-refractivity contribution in [3.8, 4) is 0 Å². The third-order valence-electron chi connectivity index (χ3n) is 15.8. The Morgan fingerprint density at radius 1 is 0.370 bits per heavy atom. The highest BCUT2D eigenvalue weighted by molar-refractivity contribution is 5.76. The van der Waals surface area contributed by atoms with Crippen LogP contribution in [0, 0.1) is 0 Å². The van der Waals surface area contributed by atoms with Crippen molar-refractivity contribution in [3.05, 3.63) is 12.2 Å². The Bertz CT molecular complexity index is 1100. The standard InChI is InChI=1S/C67H131NO5/c1-3-5-7-9-11-13-15-17-19-32-35-39-43-47-51-55-59-65(70)64(63-69)68-66(71)60-56-52-48-44-40-36-33-29-27-25-23-21-20-22-24-26-28-30-34-38-42-46-50-54-58-62-73-67(72)61-57-53-49-45-41-37-31-18-16-14-12-10-8-6-4-2/h55,59,64-65,69-70H,3-54,56-58,60-63H2,1-2H3,(H,68,71)/b59-55+. The first-order chi connectivity index (χ1) is 36.0. The van der Waals surface area contributed by atoms with Crippen molar-refractivity contribution < 1.29 is 24.5 Å². The van der Waals surface area contributed by atoms with Crippen LogP contribution in [0.25, 0.3) is 0 Å². The third kappa shape index (κ3) is 59.7. The van der Waals surface area contributed by atoms with Gasteiger partial charge in [-0.3, -0.25) is 9.59 Å². The monoisotopic (exact) mass is 1030 g/mol. The molecule has 1 amide bonds. The van der Waals surface area contributed by atoms with Crippen LogP contribution in [0.15, 0.2) is 12.2 Å². The first-order valence-electron chi connectivity index (χ1n) is 33.5. The molecule has 0 bridgehead atoms. The fourth-order valence-electron chi connectivity index (χ4n) is 10.7. The van der Waals surface area contributed by atoms with Gasteiger partial charge in [0.2, 0.25) is 5.91 Å². The summed E-state index contributed by atoms with van der Waals surface area (Å²) in [6, 6.07) is -0.626. The molecule has 0 aromatic carbocycles. The Labute approximate surface area is 457 Å². The van der Waals surface area contributed by atoms with Crippen LogP contribution in [0.4, 0.5) is 0 Å². The quantitative estimate of drug-likeness (QED) is 0.0320. The lowest BCUT2D eigenvalue weighted by Crippen LogP contribution is -2.45. The molecule has 6 nitrogen and oxygen atoms in total. The number of aliphatic hydroxyl groups is 2. The molecule has 2 atom stereocenters. The smallest absolute Gasteiger partial charge is 0.305 e. The Morgan fingerprint density at radius 3 is 0.932 bits per heavy atom. The van der Waals surface area contributed by atoms with E-state index in [9.17, 15) is 19.8 Å². The molecule has 0 saturated heterocycles. The van der Waals surface area contributed by atoms with Crippen LogP contribution < -0.4 is 5.32 Å². The van der Waals surface area contributed by atoms with Crippen molar-refractivity contribution in [2.75, 3.05) is 13.2 Å². The summed E-state index contributed by atoms with van der Waals surface area (Å²) >= 11 is 0. The molecular weight excluding hydrogens is 899 g/mol. The SMILES string of the molecule is CCCCCCCCCCCCCCCC/C=C/C(O)C(CO)NC(=O)CCCCCCCCCCCCCCCCCCCCCCCCCCCOC(=O)CCCCCCCCCCCCCCCCC. The number of nitrogens with one attached hydrogen (secondary N) is 1. The molecule has 3 N–H and O–H groups in total. The molecule has 0 fully saturated rings. The second-order valence-corrected chi connectivity index (χ2v) is 23.2. The van der Waals surface area contributed by atoms with E-state index in [1.165, 1.54) is 315 Å². The van der Waals surface area contributed by atoms with Crippen molar-refractivity contribution >= 4 is 11.9 Å². The van der Waals surface area contributed by atoms with Crippen molar-refractivity contribution in [2.45, 2.75) is 392 Å². The van der Waals surface area contributed by atoms with Crippen molar-refractivity contribution in [3.63, 3.8) is 0 Å². The van der Waals surface area contributed by atoms with Gasteiger partial charge in [-0.15, -0.1) is 0 Å². The molecule has 0 aliphatic carbocycles. The van der Waals surface area contributed by atoms with E-state index >= 15 is 0 Å². The molecule has 0 heterocycles. The lowest BCUT2D eigenvalue weighted by Gasteiger charge is -2.20. The predicted octanol–water partition coefficient (Wildman–Crippen LogP) is 21.2. The summed E-state index contributed by atoms with van der Waals surface area (Å²) in [7, 11) is 0. The zero-order chi connectivity index (χ0) is 52.9. The van der Waals surface area contributed by atoms with E-state index in [0.717, 1.165) is 38.5 Å². The maximum atomic E-state index is 12.5. The molecule has 0 spiro atoms. The third-order valence-corrected chi connectivity index (χ3v) is 15.8. The molecule has 73 heavy (non-hydrogen) atoms. The van der Waals surface area contributed by atoms with Crippen LogP contribution in [0.1, 0.15) is 380 Å². The fraction of sp³-hybridized carbons (Fsp3) is 0.940. The molecule has 0 aromatic heterocycles. The normalized spacial score (nSPS) is 12.5. The maximum Gasteiger partial charge on any atom is 0.305 e. The van der Waals surface area contributed by atoms with Crippen LogP contribution in [-0.4, -0.2) is 47.4 Å². The lowest BCUT2D eigenvalue weighted by molar-refractivity contribution is -0.143. The number of hydrogen-bond acceptors (Lipinski definition) is 5. The van der Waals surface area contributed by atoms with Crippen LogP contribution in [0.5, 0.6) is 0 Å². The number of amides is 1. The summed E-state index contributed by atoms with van der Waals surface area (Å²) < 4.78 is 5.50. The number of rotatable bonds is 63. The topological polar surface area (TPSA) is 95.9 Å². The molecule has 434 valence electrons. The molecule has 6 heteroatoms. The molecule has 0 radical (unpaired) electrons. The van der Waals surface area contributed by atoms with Crippen LogP contribution >= 0.6 is 0 Å². The Kier molecular flexibility index (Phi) is 61.9. The minimum absolute atomic E-state index is 0.0197. The zero-order valence-electron chi connectivity index (χ0n) is 49.6. The second-order valence-electron chi connectivity index (χ2n) is 23.2. The number of carbonyl (C=O) groups is 2. The first-order valence-corrected chi connectivity index (χ1v) is 33.5. The number of allylic oxidation sites excluding steroid dienone is 1. The van der Waals surface area contributed by atoms with E-state index in [1.54, 1.807) is 6.08 Å². The number of carbonyl (C=O) groups excluding carboxylic acids is 2. The van der Waals surface area contributed by atoms with E-state index in [2.05, 4.69) is 19.2 Å². The van der Waals surface area contributed by atoms with Gasteiger partial charge in [-0.25, -0.2) is 0 Å². The molecule has 0 rings (SSSR count). The predicted molar refractivity (Wildman–Crippen MR) is 320 cm³/mol. The van der Waals surface area contributed by atoms with Gasteiger partial charge >= 0.3 is 5.97 Å². The number of esters is 1. The first kappa shape index (κ1) is 71.6. The zero-order valence-corrected chi connectivity index (χ0v) is 49.6. The minimum atomic E-state index is -0.842. The van der Waals surface area contributed by atoms with Crippen molar-refractivity contribution in [2.24, 2.45) is 0 Å². The van der Waals surface area contributed by atoms with Gasteiger partial charge in [0.25, 0.3) is 0 Å². The summed E-state index contributed by atoms with van der Waals surface area (Å²) in [4.78, 5) is 24.6. The average molecular weight is 1030 g/mol. The summed E-state index contributed by atoms with van der Waals surface area (Å²) in [5.74, 6) is -0.0435. The number of hydrogen-bond donors (Lipinski definition) is 3. The Balaban J connectivity index is 3.36. The number of ether oxygens (including phenoxy) is 1. The molecule has 2 unspecified atom stereocenters. The lowest BCUT2D eigenvalue weighted by atomic mass is 10.0. The molecule has 0 saturated carbocycles. The molecule has 0 aliphatic heterocycles. The average Bonchev–Trinajstić information content (AvgIpc) is 3.39. The van der Waals surface area contributed by atoms with Crippen LogP contribution in [-0.2, 0) is 14.3 Å². The van der Waals surface area contributed by atoms with E-state index < -0.39 is 12.1 Å². The number of unbranched alkanes of at least 4 members (excludes halogenated alkanes) is 52. The van der Waals surface area contributed by atoms with Gasteiger partial charge in [0.15, 0.2) is 0 Å². The van der Waals surface area contributed by atoms with E-state index in [4.69, 9.17) is 4.74 Å². The highest BCUT2D eigenvalue weighted by Crippen LogP contribution is 2.19. The van der Waals surface area contributed by atoms with Crippen LogP contribution in [0.2, 0.25) is 0 Å². The molecule has 0 aliphatic rings. The summed E-state index contributed by atoms with van der Waals surface area (Å²) in [6.07, 6.45) is 77.0. The van der Waals surface area contributed by atoms with E-state index in [-0.39, 0.29) is 18.5 Å². The van der Waals surface area contributed by atoms with Crippen LogP contribution in [0.3, 0.4) is 0 Å². The van der Waals surface area contributed by atoms with Gasteiger partial charge in [-0.2, -0.15) is 0 Å². The summed E-state index contributed by atoms with van der Waals surface area (Å²) in [5.41, 5.74) is 0. The summed E-state index contributed by atoms with van der Waals surface area (Å²) in [5, 5.41) is 23.2. The highest BCUT2D eigenvalue weighted by atomic mass is 16.5. The minimum Gasteiger partial charge on any atom is -0.466 e. The second kappa shape index (κ2) is 63.1. The molecule has 0 aromatic rings. The van der Waals surface area contributed by atoms with Gasteiger partial charge < -0.3 is 20.3 Å². The molecular formula is C67H131NO5. The van der Waals surface area contributed by atoms with Gasteiger partial charge in [0, 0.05) is 12.8 Å². The van der Waals surface area contributed by atoms with Gasteiger partial charge in [-0.1, -0.05) is 347 Å².